The summed E-state index contributed by atoms with van der Waals surface area (Å²) in [4.78, 5) is 29.7. The minimum atomic E-state index is -0.796. The van der Waals surface area contributed by atoms with Crippen LogP contribution in [0.2, 0.25) is 0 Å². The van der Waals surface area contributed by atoms with Crippen LogP contribution in [0.5, 0.6) is 5.75 Å². The van der Waals surface area contributed by atoms with E-state index in [0.717, 1.165) is 21.8 Å². The highest BCUT2D eigenvalue weighted by atomic mass is 79.9. The molecule has 0 aliphatic rings. The molecular weight excluding hydrogens is 542 g/mol. The molecule has 3 aromatic rings. The van der Waals surface area contributed by atoms with Crippen LogP contribution in [0.15, 0.2) is 55.2 Å². The number of unbranched alkanes of at least 4 members (excludes halogenated alkanes) is 1. The first kappa shape index (κ1) is 24.1. The lowest BCUT2D eigenvalue weighted by atomic mass is 10.2. The molecule has 0 bridgehead atoms. The second kappa shape index (κ2) is 10.9. The summed E-state index contributed by atoms with van der Waals surface area (Å²) in [6.45, 7) is 3.69. The largest absolute Gasteiger partial charge is 0.478 e. The van der Waals surface area contributed by atoms with Gasteiger partial charge in [-0.2, -0.15) is 9.78 Å². The minimum absolute atomic E-state index is 0.251. The zero-order chi connectivity index (χ0) is 23.3. The quantitative estimate of drug-likeness (QED) is 0.281. The molecule has 0 aliphatic carbocycles. The SMILES string of the molecule is CCCCc1nc2ccc(Br)cc2c(=O)n1N=Cc1cc(Br)ccc1O[C@H](C)C(=O)OC. The first-order valence-electron chi connectivity index (χ1n) is 10.1. The van der Waals surface area contributed by atoms with Gasteiger partial charge in [-0.3, -0.25) is 4.79 Å². The number of ether oxygens (including phenoxy) is 2. The monoisotopic (exact) mass is 563 g/mol. The second-order valence-corrected chi connectivity index (χ2v) is 8.95. The molecule has 0 fully saturated rings. The summed E-state index contributed by atoms with van der Waals surface area (Å²) in [7, 11) is 1.31. The summed E-state index contributed by atoms with van der Waals surface area (Å²) in [6.07, 6.45) is 3.21. The molecule has 0 aliphatic heterocycles. The van der Waals surface area contributed by atoms with Crippen LogP contribution >= 0.6 is 31.9 Å². The molecule has 9 heteroatoms. The Morgan fingerprint density at radius 1 is 1.22 bits per heavy atom. The fourth-order valence-electron chi connectivity index (χ4n) is 3.06. The number of hydrogen-bond acceptors (Lipinski definition) is 6. The van der Waals surface area contributed by atoms with E-state index in [1.54, 1.807) is 31.2 Å². The van der Waals surface area contributed by atoms with Crippen LogP contribution in [0.3, 0.4) is 0 Å². The number of benzene rings is 2. The fourth-order valence-corrected chi connectivity index (χ4v) is 3.80. The van der Waals surface area contributed by atoms with E-state index in [4.69, 9.17) is 9.47 Å². The maximum absolute atomic E-state index is 13.2. The van der Waals surface area contributed by atoms with Crippen molar-refractivity contribution in [2.75, 3.05) is 7.11 Å². The topological polar surface area (TPSA) is 82.8 Å². The number of carbonyl (C=O) groups is 1. The third-order valence-electron chi connectivity index (χ3n) is 4.75. The van der Waals surface area contributed by atoms with Gasteiger partial charge in [0.1, 0.15) is 11.6 Å². The Bertz CT molecular complexity index is 1220. The molecule has 7 nitrogen and oxygen atoms in total. The van der Waals surface area contributed by atoms with Gasteiger partial charge in [0.25, 0.3) is 5.56 Å². The number of carbonyl (C=O) groups excluding carboxylic acids is 1. The predicted molar refractivity (Wildman–Crippen MR) is 132 cm³/mol. The molecule has 2 aromatic carbocycles. The van der Waals surface area contributed by atoms with Gasteiger partial charge in [-0.05, 0) is 49.7 Å². The zero-order valence-electron chi connectivity index (χ0n) is 18.0. The van der Waals surface area contributed by atoms with Crippen molar-refractivity contribution < 1.29 is 14.3 Å². The molecule has 1 heterocycles. The molecule has 0 radical (unpaired) electrons. The van der Waals surface area contributed by atoms with E-state index in [2.05, 4.69) is 48.9 Å². The number of fused-ring (bicyclic) bond motifs is 1. The van der Waals surface area contributed by atoms with Crippen molar-refractivity contribution in [1.82, 2.24) is 9.66 Å². The average Bonchev–Trinajstić information content (AvgIpc) is 2.78. The van der Waals surface area contributed by atoms with Gasteiger partial charge in [0.2, 0.25) is 0 Å². The van der Waals surface area contributed by atoms with E-state index in [0.29, 0.717) is 34.5 Å². The second-order valence-electron chi connectivity index (χ2n) is 7.12. The number of methoxy groups -OCH3 is 1. The van der Waals surface area contributed by atoms with E-state index in [9.17, 15) is 9.59 Å². The molecule has 1 atom stereocenters. The maximum Gasteiger partial charge on any atom is 0.346 e. The number of aromatic nitrogens is 2. The molecule has 0 amide bonds. The highest BCUT2D eigenvalue weighted by Gasteiger charge is 2.17. The van der Waals surface area contributed by atoms with Gasteiger partial charge >= 0.3 is 5.97 Å². The van der Waals surface area contributed by atoms with Crippen LogP contribution in [0.1, 0.15) is 38.1 Å². The molecule has 168 valence electrons. The van der Waals surface area contributed by atoms with E-state index < -0.39 is 12.1 Å². The van der Waals surface area contributed by atoms with Crippen molar-refractivity contribution in [2.45, 2.75) is 39.2 Å². The summed E-state index contributed by atoms with van der Waals surface area (Å²) in [5.41, 5.74) is 0.978. The summed E-state index contributed by atoms with van der Waals surface area (Å²) in [6, 6.07) is 10.7. The smallest absolute Gasteiger partial charge is 0.346 e. The van der Waals surface area contributed by atoms with Crippen molar-refractivity contribution in [2.24, 2.45) is 5.10 Å². The van der Waals surface area contributed by atoms with Crippen LogP contribution in [-0.4, -0.2) is 35.1 Å². The summed E-state index contributed by atoms with van der Waals surface area (Å²) >= 11 is 6.85. The Hall–Kier alpha value is -2.52. The first-order chi connectivity index (χ1) is 15.3. The summed E-state index contributed by atoms with van der Waals surface area (Å²) in [5, 5.41) is 4.94. The highest BCUT2D eigenvalue weighted by molar-refractivity contribution is 9.10. The molecule has 1 aromatic heterocycles. The van der Waals surface area contributed by atoms with Crippen molar-refractivity contribution in [3.8, 4) is 5.75 Å². The zero-order valence-corrected chi connectivity index (χ0v) is 21.1. The van der Waals surface area contributed by atoms with Gasteiger partial charge in [-0.1, -0.05) is 45.2 Å². The van der Waals surface area contributed by atoms with Gasteiger partial charge < -0.3 is 9.47 Å². The Labute approximate surface area is 202 Å². The van der Waals surface area contributed by atoms with E-state index >= 15 is 0 Å². The standard InChI is InChI=1S/C23H23Br2N3O4/c1-4-5-6-21-27-19-9-7-17(25)12-18(19)22(29)28(21)26-13-15-11-16(24)8-10-20(15)32-14(2)23(30)31-3/h7-14H,4-6H2,1-3H3/t14-/m1/s1. The molecule has 0 saturated carbocycles. The van der Waals surface area contributed by atoms with E-state index in [-0.39, 0.29) is 5.56 Å². The summed E-state index contributed by atoms with van der Waals surface area (Å²) < 4.78 is 13.4. The number of aryl methyl sites for hydroxylation is 1. The van der Waals surface area contributed by atoms with Gasteiger partial charge in [0, 0.05) is 20.9 Å². The Balaban J connectivity index is 2.07. The first-order valence-corrected chi connectivity index (χ1v) is 11.7. The van der Waals surface area contributed by atoms with Gasteiger partial charge in [-0.15, -0.1) is 0 Å². The number of rotatable bonds is 8. The lowest BCUT2D eigenvalue weighted by molar-refractivity contribution is -0.147. The molecule has 0 N–H and O–H groups in total. The lowest BCUT2D eigenvalue weighted by Crippen LogP contribution is -2.25. The molecule has 0 unspecified atom stereocenters. The van der Waals surface area contributed by atoms with Gasteiger partial charge in [-0.25, -0.2) is 9.78 Å². The maximum atomic E-state index is 13.2. The average molecular weight is 565 g/mol. The van der Waals surface area contributed by atoms with Crippen LogP contribution in [-0.2, 0) is 16.0 Å². The Morgan fingerprint density at radius 2 is 1.94 bits per heavy atom. The van der Waals surface area contributed by atoms with Crippen molar-refractivity contribution in [3.63, 3.8) is 0 Å². The number of hydrogen-bond donors (Lipinski definition) is 0. The van der Waals surface area contributed by atoms with E-state index in [1.165, 1.54) is 18.0 Å². The van der Waals surface area contributed by atoms with Crippen LogP contribution in [0.4, 0.5) is 0 Å². The Kier molecular flexibility index (Phi) is 8.20. The third kappa shape index (κ3) is 5.63. The van der Waals surface area contributed by atoms with Crippen LogP contribution in [0, 0.1) is 0 Å². The molecule has 0 spiro atoms. The van der Waals surface area contributed by atoms with Gasteiger partial charge in [0.15, 0.2) is 6.10 Å². The fraction of sp³-hybridized carbons (Fsp3) is 0.304. The molecule has 0 saturated heterocycles. The van der Waals surface area contributed by atoms with Crippen LogP contribution < -0.4 is 10.3 Å². The molecular formula is C23H23Br2N3O4. The van der Waals surface area contributed by atoms with Crippen molar-refractivity contribution in [3.05, 3.63) is 67.1 Å². The number of halogens is 2. The predicted octanol–water partition coefficient (Wildman–Crippen LogP) is 5.09. The molecule has 3 rings (SSSR count). The highest BCUT2D eigenvalue weighted by Crippen LogP contribution is 2.23. The van der Waals surface area contributed by atoms with Crippen LogP contribution in [0.25, 0.3) is 10.9 Å². The lowest BCUT2D eigenvalue weighted by Gasteiger charge is -2.14. The van der Waals surface area contributed by atoms with Gasteiger partial charge in [0.05, 0.1) is 24.2 Å². The normalized spacial score (nSPS) is 12.3. The van der Waals surface area contributed by atoms with Crippen molar-refractivity contribution in [1.29, 1.82) is 0 Å². The summed E-state index contributed by atoms with van der Waals surface area (Å²) in [5.74, 6) is 0.538. The minimum Gasteiger partial charge on any atom is -0.478 e. The Morgan fingerprint density at radius 3 is 2.66 bits per heavy atom. The number of esters is 1. The number of nitrogens with zero attached hydrogens (tertiary/aromatic N) is 3. The van der Waals surface area contributed by atoms with Crippen molar-refractivity contribution >= 4 is 54.9 Å². The third-order valence-corrected chi connectivity index (χ3v) is 5.74. The molecule has 32 heavy (non-hydrogen) atoms. The van der Waals surface area contributed by atoms with E-state index in [1.807, 2.05) is 12.1 Å².